The summed E-state index contributed by atoms with van der Waals surface area (Å²) in [5, 5.41) is 8.49. The second-order valence-corrected chi connectivity index (χ2v) is 4.90. The minimum atomic E-state index is 0.653. The van der Waals surface area contributed by atoms with Gasteiger partial charge in [0.05, 0.1) is 6.33 Å². The predicted molar refractivity (Wildman–Crippen MR) is 78.7 cm³/mol. The van der Waals surface area contributed by atoms with Crippen LogP contribution in [-0.4, -0.2) is 29.5 Å². The number of hydrogen-bond acceptors (Lipinski definition) is 5. The molecule has 3 aromatic heterocycles. The van der Waals surface area contributed by atoms with Gasteiger partial charge in [0.25, 0.3) is 0 Å². The fourth-order valence-electron chi connectivity index (χ4n) is 2.39. The number of imidazole rings is 1. The Morgan fingerprint density at radius 1 is 1.05 bits per heavy atom. The molecule has 0 bridgehead atoms. The van der Waals surface area contributed by atoms with Crippen LogP contribution < -0.4 is 5.73 Å². The highest BCUT2D eigenvalue weighted by Crippen LogP contribution is 2.14. The van der Waals surface area contributed by atoms with E-state index in [-0.39, 0.29) is 0 Å². The van der Waals surface area contributed by atoms with Crippen LogP contribution in [0.1, 0.15) is 11.4 Å². The minimum absolute atomic E-state index is 0.653. The summed E-state index contributed by atoms with van der Waals surface area (Å²) in [6, 6.07) is 7.88. The van der Waals surface area contributed by atoms with Crippen LogP contribution >= 0.6 is 0 Å². The monoisotopic (exact) mass is 279 g/mol. The van der Waals surface area contributed by atoms with Gasteiger partial charge in [0.2, 0.25) is 0 Å². The van der Waals surface area contributed by atoms with Crippen molar-refractivity contribution in [3.05, 3.63) is 48.3 Å². The van der Waals surface area contributed by atoms with E-state index >= 15 is 0 Å². The van der Waals surface area contributed by atoms with Crippen LogP contribution in [0.5, 0.6) is 0 Å². The van der Waals surface area contributed by atoms with Gasteiger partial charge >= 0.3 is 0 Å². The Kier molecular flexibility index (Phi) is 2.56. The average Bonchev–Trinajstić information content (AvgIpc) is 3.12. The van der Waals surface area contributed by atoms with Gasteiger partial charge in [0.15, 0.2) is 11.3 Å². The van der Waals surface area contributed by atoms with E-state index in [9.17, 15) is 0 Å². The second-order valence-electron chi connectivity index (χ2n) is 4.90. The van der Waals surface area contributed by atoms with Crippen molar-refractivity contribution in [2.45, 2.75) is 12.8 Å². The SMILES string of the molecule is Nc1ccc(CCc2nnc3c4[nH]cnc4ncn23)cc1. The molecular weight excluding hydrogens is 266 g/mol. The lowest BCUT2D eigenvalue weighted by atomic mass is 10.1. The van der Waals surface area contributed by atoms with E-state index in [1.807, 2.05) is 28.7 Å². The molecule has 104 valence electrons. The summed E-state index contributed by atoms with van der Waals surface area (Å²) in [6.07, 6.45) is 4.99. The number of aryl methyl sites for hydroxylation is 2. The number of rotatable bonds is 3. The number of nitrogens with one attached hydrogen (secondary N) is 1. The van der Waals surface area contributed by atoms with Gasteiger partial charge < -0.3 is 10.7 Å². The van der Waals surface area contributed by atoms with Crippen molar-refractivity contribution >= 4 is 22.5 Å². The van der Waals surface area contributed by atoms with Gasteiger partial charge in [0.1, 0.15) is 17.7 Å². The summed E-state index contributed by atoms with van der Waals surface area (Å²) in [4.78, 5) is 11.5. The van der Waals surface area contributed by atoms with Crippen LogP contribution in [0.25, 0.3) is 16.8 Å². The van der Waals surface area contributed by atoms with Crippen molar-refractivity contribution in [1.82, 2.24) is 29.5 Å². The molecule has 0 unspecified atom stereocenters. The zero-order valence-electron chi connectivity index (χ0n) is 11.2. The molecule has 3 N–H and O–H groups in total. The van der Waals surface area contributed by atoms with Gasteiger partial charge in [-0.1, -0.05) is 12.1 Å². The quantitative estimate of drug-likeness (QED) is 0.552. The molecule has 0 fully saturated rings. The normalized spacial score (nSPS) is 11.4. The maximum Gasteiger partial charge on any atom is 0.189 e. The molecule has 21 heavy (non-hydrogen) atoms. The number of nitrogen functional groups attached to an aromatic ring is 1. The highest BCUT2D eigenvalue weighted by molar-refractivity contribution is 5.84. The van der Waals surface area contributed by atoms with E-state index in [1.54, 1.807) is 12.7 Å². The molecule has 0 aliphatic rings. The molecule has 0 saturated heterocycles. The Morgan fingerprint density at radius 3 is 2.76 bits per heavy atom. The zero-order valence-corrected chi connectivity index (χ0v) is 11.2. The van der Waals surface area contributed by atoms with Crippen LogP contribution in [0.2, 0.25) is 0 Å². The summed E-state index contributed by atoms with van der Waals surface area (Å²) in [6.45, 7) is 0. The number of hydrogen-bond donors (Lipinski definition) is 2. The number of nitrogens with zero attached hydrogens (tertiary/aromatic N) is 5. The fraction of sp³-hybridized carbons (Fsp3) is 0.143. The van der Waals surface area contributed by atoms with E-state index in [2.05, 4.69) is 25.1 Å². The molecule has 0 spiro atoms. The highest BCUT2D eigenvalue weighted by atomic mass is 15.3. The second kappa shape index (κ2) is 4.55. The van der Waals surface area contributed by atoms with Crippen LogP contribution in [0.15, 0.2) is 36.9 Å². The molecule has 0 aliphatic carbocycles. The molecule has 0 aliphatic heterocycles. The van der Waals surface area contributed by atoms with Gasteiger partial charge in [-0.05, 0) is 24.1 Å². The Labute approximate surface area is 119 Å². The molecule has 7 nitrogen and oxygen atoms in total. The third-order valence-corrected chi connectivity index (χ3v) is 3.52. The van der Waals surface area contributed by atoms with Crippen LogP contribution in [0, 0.1) is 0 Å². The standard InChI is InChI=1S/C14H13N7/c15-10-4-1-9(2-5-10)3-6-11-19-20-14-12-13(17-7-16-12)18-8-21(11)14/h1-2,4-5,7-8H,3,6,15H2,(H,16,17). The maximum atomic E-state index is 5.69. The van der Waals surface area contributed by atoms with E-state index in [0.29, 0.717) is 5.65 Å². The molecule has 0 saturated carbocycles. The van der Waals surface area contributed by atoms with Crippen LogP contribution in [0.3, 0.4) is 0 Å². The van der Waals surface area contributed by atoms with Gasteiger partial charge in [-0.3, -0.25) is 4.40 Å². The van der Waals surface area contributed by atoms with Crippen molar-refractivity contribution in [2.24, 2.45) is 0 Å². The average molecular weight is 279 g/mol. The van der Waals surface area contributed by atoms with Gasteiger partial charge in [-0.15, -0.1) is 10.2 Å². The number of aromatic amines is 1. The molecule has 4 aromatic rings. The highest BCUT2D eigenvalue weighted by Gasteiger charge is 2.10. The summed E-state index contributed by atoms with van der Waals surface area (Å²) in [5.41, 5.74) is 9.90. The van der Waals surface area contributed by atoms with Crippen LogP contribution in [0.4, 0.5) is 5.69 Å². The Balaban J connectivity index is 1.66. The van der Waals surface area contributed by atoms with E-state index < -0.39 is 0 Å². The smallest absolute Gasteiger partial charge is 0.189 e. The maximum absolute atomic E-state index is 5.69. The Bertz CT molecular complexity index is 904. The number of fused-ring (bicyclic) bond motifs is 3. The first-order chi connectivity index (χ1) is 10.3. The predicted octanol–water partition coefficient (Wildman–Crippen LogP) is 1.37. The topological polar surface area (TPSA) is 97.8 Å². The van der Waals surface area contributed by atoms with Crippen molar-refractivity contribution in [3.8, 4) is 0 Å². The lowest BCUT2D eigenvalue weighted by molar-refractivity contribution is 0.833. The van der Waals surface area contributed by atoms with E-state index in [4.69, 9.17) is 5.73 Å². The molecule has 0 atom stereocenters. The lowest BCUT2D eigenvalue weighted by Crippen LogP contribution is -1.99. The third kappa shape index (κ3) is 1.99. The summed E-state index contributed by atoms with van der Waals surface area (Å²) in [7, 11) is 0. The molecule has 4 rings (SSSR count). The molecule has 1 aromatic carbocycles. The number of benzene rings is 1. The minimum Gasteiger partial charge on any atom is -0.399 e. The summed E-state index contributed by atoms with van der Waals surface area (Å²) >= 11 is 0. The first-order valence-corrected chi connectivity index (χ1v) is 6.67. The van der Waals surface area contributed by atoms with Crippen molar-refractivity contribution < 1.29 is 0 Å². The van der Waals surface area contributed by atoms with Gasteiger partial charge in [0, 0.05) is 12.1 Å². The fourth-order valence-corrected chi connectivity index (χ4v) is 2.39. The molecule has 0 amide bonds. The Morgan fingerprint density at radius 2 is 1.90 bits per heavy atom. The van der Waals surface area contributed by atoms with Crippen molar-refractivity contribution in [2.75, 3.05) is 5.73 Å². The van der Waals surface area contributed by atoms with Crippen molar-refractivity contribution in [3.63, 3.8) is 0 Å². The summed E-state index contributed by atoms with van der Waals surface area (Å²) in [5.74, 6) is 0.880. The molecular formula is C14H13N7. The Hall–Kier alpha value is -2.96. The van der Waals surface area contributed by atoms with Crippen molar-refractivity contribution in [1.29, 1.82) is 0 Å². The lowest BCUT2D eigenvalue weighted by Gasteiger charge is -2.01. The summed E-state index contributed by atoms with van der Waals surface area (Å²) < 4.78 is 1.90. The number of nitrogens with two attached hydrogens (primary N) is 1. The first kappa shape index (κ1) is 11.8. The number of aromatic nitrogens is 6. The largest absolute Gasteiger partial charge is 0.399 e. The van der Waals surface area contributed by atoms with E-state index in [1.165, 1.54) is 5.56 Å². The first-order valence-electron chi connectivity index (χ1n) is 6.67. The molecule has 3 heterocycles. The zero-order chi connectivity index (χ0) is 14.2. The third-order valence-electron chi connectivity index (χ3n) is 3.52. The van der Waals surface area contributed by atoms with Gasteiger partial charge in [-0.2, -0.15) is 0 Å². The van der Waals surface area contributed by atoms with Gasteiger partial charge in [-0.25, -0.2) is 9.97 Å². The number of anilines is 1. The molecule has 7 heteroatoms. The molecule has 0 radical (unpaired) electrons. The number of H-pyrrole nitrogens is 1. The van der Waals surface area contributed by atoms with E-state index in [0.717, 1.165) is 35.5 Å². The van der Waals surface area contributed by atoms with Crippen LogP contribution in [-0.2, 0) is 12.8 Å².